The molecule has 0 heterocycles. The third-order valence-corrected chi connectivity index (χ3v) is 18.1. The van der Waals surface area contributed by atoms with Crippen LogP contribution in [0.1, 0.15) is 108 Å². The van der Waals surface area contributed by atoms with Crippen molar-refractivity contribution in [2.75, 3.05) is 0 Å². The van der Waals surface area contributed by atoms with Gasteiger partial charge in [0.25, 0.3) is 0 Å². The van der Waals surface area contributed by atoms with Gasteiger partial charge in [0.15, 0.2) is 8.32 Å². The molecule has 0 N–H and O–H groups in total. The monoisotopic (exact) mass is 450 g/mol. The molecule has 0 aliphatic rings. The molecule has 0 fully saturated rings. The Balaban J connectivity index is 5.67. The predicted molar refractivity (Wildman–Crippen MR) is 143 cm³/mol. The van der Waals surface area contributed by atoms with E-state index < -0.39 is 16.4 Å². The lowest BCUT2D eigenvalue weighted by molar-refractivity contribution is 0.275. The van der Waals surface area contributed by atoms with Crippen LogP contribution in [0.25, 0.3) is 0 Å². The highest BCUT2D eigenvalue weighted by Gasteiger charge is 2.42. The minimum atomic E-state index is -1.87. The maximum atomic E-state index is 6.78. The molecule has 0 bridgehead atoms. The summed E-state index contributed by atoms with van der Waals surface area (Å²) < 4.78 is 6.78. The molecule has 0 aliphatic carbocycles. The van der Waals surface area contributed by atoms with Gasteiger partial charge in [0.2, 0.25) is 0 Å². The van der Waals surface area contributed by atoms with Crippen molar-refractivity contribution in [1.29, 1.82) is 0 Å². The number of hydrogen-bond acceptors (Lipinski definition) is 1. The fraction of sp³-hybridized carbons (Fsp3) is 0.852. The average molecular weight is 451 g/mol. The summed E-state index contributed by atoms with van der Waals surface area (Å²) in [4.78, 5) is 0. The second-order valence-electron chi connectivity index (χ2n) is 11.6. The first-order valence-electron chi connectivity index (χ1n) is 12.6. The molecule has 3 heteroatoms. The normalized spacial score (nSPS) is 14.6. The Bertz CT molecular complexity index is 534. The fourth-order valence-electron chi connectivity index (χ4n) is 4.33. The summed E-state index contributed by atoms with van der Waals surface area (Å²) in [6.45, 7) is 28.2. The molecule has 0 aromatic rings. The first-order chi connectivity index (χ1) is 13.7. The zero-order valence-corrected chi connectivity index (χ0v) is 24.6. The Hall–Kier alpha value is -0.306. The SMILES string of the molecule is CCCCCCC/C=C\[C@@H](C#C[Si](C(C)C)(C(C)C)C(C)C)O[Si](C)(C)C(C)(C)C. The van der Waals surface area contributed by atoms with Gasteiger partial charge in [-0.05, 0) is 53.7 Å². The molecule has 1 atom stereocenters. The van der Waals surface area contributed by atoms with Crippen molar-refractivity contribution in [2.24, 2.45) is 0 Å². The molecule has 0 aromatic carbocycles. The van der Waals surface area contributed by atoms with Gasteiger partial charge < -0.3 is 4.43 Å². The topological polar surface area (TPSA) is 9.23 Å². The molecule has 1 nitrogen and oxygen atoms in total. The van der Waals surface area contributed by atoms with Crippen molar-refractivity contribution in [3.63, 3.8) is 0 Å². The van der Waals surface area contributed by atoms with Crippen molar-refractivity contribution < 1.29 is 4.43 Å². The quantitative estimate of drug-likeness (QED) is 0.124. The molecule has 0 rings (SSSR count). The smallest absolute Gasteiger partial charge is 0.194 e. The molecule has 176 valence electrons. The standard InChI is InChI=1S/C27H54OSi2/c1-13-14-15-16-17-18-19-20-26(28-29(11,12)27(8,9)10)21-22-30(23(2)3,24(4)5)25(6)7/h19-20,23-26H,13-18H2,1-12H3/b20-19-/t26-/m0/s1. The van der Waals surface area contributed by atoms with E-state index in [0.717, 1.165) is 6.42 Å². The lowest BCUT2D eigenvalue weighted by Crippen LogP contribution is -2.45. The molecule has 0 aromatic heterocycles. The molecule has 0 saturated carbocycles. The van der Waals surface area contributed by atoms with Gasteiger partial charge in [-0.15, -0.1) is 5.54 Å². The number of unbranched alkanes of at least 4 members (excludes halogenated alkanes) is 5. The minimum Gasteiger partial charge on any atom is -0.400 e. The van der Waals surface area contributed by atoms with Crippen LogP contribution in [0.3, 0.4) is 0 Å². The maximum absolute atomic E-state index is 6.78. The molecule has 0 radical (unpaired) electrons. The van der Waals surface area contributed by atoms with Gasteiger partial charge in [-0.1, -0.05) is 107 Å². The summed E-state index contributed by atoms with van der Waals surface area (Å²) in [7, 11) is -3.61. The van der Waals surface area contributed by atoms with E-state index in [1.165, 1.54) is 32.1 Å². The second-order valence-corrected chi connectivity index (χ2v) is 21.9. The lowest BCUT2D eigenvalue weighted by Gasteiger charge is -2.39. The van der Waals surface area contributed by atoms with Crippen molar-refractivity contribution in [1.82, 2.24) is 0 Å². The Morgan fingerprint density at radius 1 is 0.833 bits per heavy atom. The predicted octanol–water partition coefficient (Wildman–Crippen LogP) is 9.51. The summed E-state index contributed by atoms with van der Waals surface area (Å²) in [6.07, 6.45) is 12.3. The van der Waals surface area contributed by atoms with Crippen molar-refractivity contribution in [3.05, 3.63) is 12.2 Å². The summed E-state index contributed by atoms with van der Waals surface area (Å²) in [5, 5.41) is 0.198. The first-order valence-corrected chi connectivity index (χ1v) is 17.7. The summed E-state index contributed by atoms with van der Waals surface area (Å²) >= 11 is 0. The number of rotatable bonds is 12. The van der Waals surface area contributed by atoms with Gasteiger partial charge in [-0.2, -0.15) is 0 Å². The van der Waals surface area contributed by atoms with Gasteiger partial charge >= 0.3 is 0 Å². The molecule has 0 amide bonds. The fourth-order valence-corrected chi connectivity index (χ4v) is 10.7. The van der Waals surface area contributed by atoms with E-state index in [-0.39, 0.29) is 11.1 Å². The summed E-state index contributed by atoms with van der Waals surface area (Å²) in [5.41, 5.74) is 5.87. The van der Waals surface area contributed by atoms with E-state index in [9.17, 15) is 0 Å². The summed E-state index contributed by atoms with van der Waals surface area (Å²) in [6, 6.07) is 0. The zero-order chi connectivity index (χ0) is 23.6. The van der Waals surface area contributed by atoms with E-state index in [2.05, 4.69) is 106 Å². The Kier molecular flexibility index (Phi) is 13.2. The summed E-state index contributed by atoms with van der Waals surface area (Å²) in [5.74, 6) is 3.68. The van der Waals surface area contributed by atoms with Crippen molar-refractivity contribution in [3.8, 4) is 11.5 Å². The van der Waals surface area contributed by atoms with E-state index in [1.54, 1.807) is 0 Å². The van der Waals surface area contributed by atoms with Crippen LogP contribution in [0.4, 0.5) is 0 Å². The zero-order valence-electron chi connectivity index (χ0n) is 22.6. The highest BCUT2D eigenvalue weighted by atomic mass is 28.4. The van der Waals surface area contributed by atoms with Crippen LogP contribution in [0.5, 0.6) is 0 Å². The molecule has 0 saturated heterocycles. The van der Waals surface area contributed by atoms with Crippen molar-refractivity contribution >= 4 is 16.4 Å². The average Bonchev–Trinajstić information content (AvgIpc) is 2.58. The van der Waals surface area contributed by atoms with Gasteiger partial charge in [-0.3, -0.25) is 0 Å². The Labute approximate surface area is 193 Å². The molecule has 0 unspecified atom stereocenters. The molecular weight excluding hydrogens is 396 g/mol. The Morgan fingerprint density at radius 3 is 1.77 bits per heavy atom. The first kappa shape index (κ1) is 29.7. The van der Waals surface area contributed by atoms with E-state index >= 15 is 0 Å². The van der Waals surface area contributed by atoms with Crippen LogP contribution in [-0.2, 0) is 4.43 Å². The highest BCUT2D eigenvalue weighted by molar-refractivity contribution is 6.90. The van der Waals surface area contributed by atoms with Crippen LogP contribution < -0.4 is 0 Å². The van der Waals surface area contributed by atoms with Crippen LogP contribution in [0.15, 0.2) is 12.2 Å². The van der Waals surface area contributed by atoms with Crippen LogP contribution in [0.2, 0.25) is 34.8 Å². The van der Waals surface area contributed by atoms with Gasteiger partial charge in [0.1, 0.15) is 14.2 Å². The third kappa shape index (κ3) is 9.05. The van der Waals surface area contributed by atoms with Gasteiger partial charge in [0.05, 0.1) is 0 Å². The molecule has 30 heavy (non-hydrogen) atoms. The second kappa shape index (κ2) is 13.3. The highest BCUT2D eigenvalue weighted by Crippen LogP contribution is 2.41. The molecule has 0 spiro atoms. The maximum Gasteiger partial charge on any atom is 0.194 e. The van der Waals surface area contributed by atoms with Crippen LogP contribution >= 0.6 is 0 Å². The van der Waals surface area contributed by atoms with E-state index in [0.29, 0.717) is 16.6 Å². The third-order valence-electron chi connectivity index (χ3n) is 7.31. The van der Waals surface area contributed by atoms with E-state index in [1.807, 2.05) is 0 Å². The minimum absolute atomic E-state index is 0.0651. The van der Waals surface area contributed by atoms with Gasteiger partial charge in [0, 0.05) is 0 Å². The number of hydrogen-bond donors (Lipinski definition) is 0. The lowest BCUT2D eigenvalue weighted by atomic mass is 10.1. The molecular formula is C27H54OSi2. The molecule has 0 aliphatic heterocycles. The largest absolute Gasteiger partial charge is 0.400 e. The van der Waals surface area contributed by atoms with E-state index in [4.69, 9.17) is 4.43 Å². The van der Waals surface area contributed by atoms with Crippen molar-refractivity contribution in [2.45, 2.75) is 149 Å². The number of allylic oxidation sites excluding steroid dienone is 1. The van der Waals surface area contributed by atoms with Gasteiger partial charge in [-0.25, -0.2) is 0 Å². The van der Waals surface area contributed by atoms with Crippen LogP contribution in [-0.4, -0.2) is 22.5 Å². The Morgan fingerprint density at radius 2 is 1.33 bits per heavy atom. The van der Waals surface area contributed by atoms with Crippen LogP contribution in [0, 0.1) is 11.5 Å².